The molecule has 5 amide bonds. The molecule has 368 valence electrons. The first-order valence-corrected chi connectivity index (χ1v) is 23.9. The Morgan fingerprint density at radius 1 is 0.773 bits per heavy atom. The molecule has 2 aromatic carbocycles. The number of hydrogen-bond donors (Lipinski definition) is 6. The number of nitrogens with two attached hydrogens (primary N) is 1. The maximum atomic E-state index is 14.6. The molecule has 0 bridgehead atoms. The van der Waals surface area contributed by atoms with Crippen LogP contribution in [0.3, 0.4) is 0 Å². The summed E-state index contributed by atoms with van der Waals surface area (Å²) in [6.07, 6.45) is 6.55. The number of likely N-dealkylation sites (N-methyl/N-ethyl adjacent to an activating group) is 1. The van der Waals surface area contributed by atoms with Crippen molar-refractivity contribution in [2.75, 3.05) is 20.2 Å². The van der Waals surface area contributed by atoms with Crippen molar-refractivity contribution in [2.24, 2.45) is 23.5 Å². The Hall–Kier alpha value is -5.06. The van der Waals surface area contributed by atoms with Crippen LogP contribution in [0.4, 0.5) is 4.79 Å². The number of carbonyl (C=O) groups excluding carboxylic acids is 5. The zero-order valence-electron chi connectivity index (χ0n) is 40.3. The molecule has 0 radical (unpaired) electrons. The molecule has 8 atom stereocenters. The van der Waals surface area contributed by atoms with Gasteiger partial charge in [-0.2, -0.15) is 0 Å². The highest BCUT2D eigenvalue weighted by Gasteiger charge is 2.39. The number of carbonyl (C=O) groups is 6. The van der Waals surface area contributed by atoms with Crippen LogP contribution in [0.1, 0.15) is 123 Å². The van der Waals surface area contributed by atoms with Gasteiger partial charge in [0.15, 0.2) is 6.04 Å². The van der Waals surface area contributed by atoms with Crippen LogP contribution in [0.25, 0.3) is 0 Å². The summed E-state index contributed by atoms with van der Waals surface area (Å²) in [6.45, 7) is 11.0. The number of benzene rings is 2. The van der Waals surface area contributed by atoms with Gasteiger partial charge in [0.2, 0.25) is 23.6 Å². The molecule has 0 heterocycles. The van der Waals surface area contributed by atoms with E-state index in [4.69, 9.17) is 19.9 Å². The zero-order chi connectivity index (χ0) is 48.6. The molecule has 1 aliphatic carbocycles. The van der Waals surface area contributed by atoms with E-state index in [2.05, 4.69) is 28.2 Å². The maximum Gasteiger partial charge on any atom is 0.407 e. The van der Waals surface area contributed by atoms with E-state index in [1.807, 2.05) is 64.1 Å². The summed E-state index contributed by atoms with van der Waals surface area (Å²) in [7, 11) is 1.60. The molecule has 1 saturated carbocycles. The van der Waals surface area contributed by atoms with Gasteiger partial charge in [0, 0.05) is 13.1 Å². The summed E-state index contributed by atoms with van der Waals surface area (Å²) in [6, 6.07) is 12.8. The van der Waals surface area contributed by atoms with Gasteiger partial charge in [-0.15, -0.1) is 0 Å². The van der Waals surface area contributed by atoms with Crippen molar-refractivity contribution < 1.29 is 48.1 Å². The lowest BCUT2D eigenvalue weighted by molar-refractivity contribution is -0.147. The van der Waals surface area contributed by atoms with Crippen molar-refractivity contribution in [3.63, 3.8) is 0 Å². The quantitative estimate of drug-likeness (QED) is 0.0531. The summed E-state index contributed by atoms with van der Waals surface area (Å²) < 4.78 is 17.4. The summed E-state index contributed by atoms with van der Waals surface area (Å²) in [4.78, 5) is 84.4. The standard InChI is InChI=1S/C50H78N6O10/c1-8-9-10-20-27-42(65-30-34(4)51)35(5)48(60)56(7)41(28-33(2)3)46(58)55-44(39-25-18-13-19-26-39)47(59)53-40(29-52-50(63)66-32-38-23-16-12-17-24-38)45(57)54-43(49(61)62)36(6)64-31-37-21-14-11-15-22-37/h11-12,14-17,21-24,33-36,39-44H,8-10,13,18-20,25-32,51H2,1-7H3,(H,52,63)(H,53,59)(H,54,57)(H,55,58)(H,61,62). The van der Waals surface area contributed by atoms with Gasteiger partial charge >= 0.3 is 12.1 Å². The smallest absolute Gasteiger partial charge is 0.407 e. The second-order valence-corrected chi connectivity index (χ2v) is 18.3. The Morgan fingerprint density at radius 3 is 1.97 bits per heavy atom. The molecule has 1 fully saturated rings. The largest absolute Gasteiger partial charge is 0.480 e. The van der Waals surface area contributed by atoms with Crippen molar-refractivity contribution in [2.45, 2.75) is 168 Å². The van der Waals surface area contributed by atoms with Crippen LogP contribution < -0.4 is 27.0 Å². The van der Waals surface area contributed by atoms with Crippen LogP contribution in [0.5, 0.6) is 0 Å². The predicted octanol–water partition coefficient (Wildman–Crippen LogP) is 5.85. The van der Waals surface area contributed by atoms with Crippen LogP contribution in [0.15, 0.2) is 60.7 Å². The second kappa shape index (κ2) is 29.6. The Morgan fingerprint density at radius 2 is 1.39 bits per heavy atom. The molecule has 0 saturated heterocycles. The monoisotopic (exact) mass is 923 g/mol. The molecule has 2 aromatic rings. The van der Waals surface area contributed by atoms with E-state index in [0.29, 0.717) is 25.7 Å². The number of carboxylic acid groups (broad SMARTS) is 1. The molecule has 0 spiro atoms. The molecule has 66 heavy (non-hydrogen) atoms. The summed E-state index contributed by atoms with van der Waals surface area (Å²) in [5.41, 5.74) is 7.56. The van der Waals surface area contributed by atoms with E-state index in [1.165, 1.54) is 11.8 Å². The van der Waals surface area contributed by atoms with Gasteiger partial charge in [0.05, 0.1) is 37.9 Å². The first-order valence-electron chi connectivity index (χ1n) is 23.9. The average Bonchev–Trinajstić information content (AvgIpc) is 3.31. The highest BCUT2D eigenvalue weighted by molar-refractivity contribution is 5.95. The van der Waals surface area contributed by atoms with Gasteiger partial charge < -0.3 is 51.2 Å². The number of amides is 5. The number of ether oxygens (including phenoxy) is 3. The van der Waals surface area contributed by atoms with Gasteiger partial charge in [-0.25, -0.2) is 9.59 Å². The van der Waals surface area contributed by atoms with E-state index in [0.717, 1.165) is 56.1 Å². The van der Waals surface area contributed by atoms with Crippen molar-refractivity contribution >= 4 is 35.7 Å². The maximum absolute atomic E-state index is 14.6. The summed E-state index contributed by atoms with van der Waals surface area (Å²) in [5, 5.41) is 21.0. The fraction of sp³-hybridized carbons (Fsp3) is 0.640. The minimum absolute atomic E-state index is 0.00511. The number of rotatable bonds is 29. The first-order chi connectivity index (χ1) is 31.5. The molecule has 16 nitrogen and oxygen atoms in total. The number of hydrogen-bond acceptors (Lipinski definition) is 10. The van der Waals surface area contributed by atoms with Crippen LogP contribution in [-0.2, 0) is 51.4 Å². The molecule has 1 aliphatic rings. The number of nitrogens with one attached hydrogen (secondary N) is 4. The first kappa shape index (κ1) is 55.3. The third kappa shape index (κ3) is 19.4. The Kier molecular flexibility index (Phi) is 24.7. The van der Waals surface area contributed by atoms with Crippen molar-refractivity contribution in [3.05, 3.63) is 71.8 Å². The minimum Gasteiger partial charge on any atom is -0.480 e. The Bertz CT molecular complexity index is 1780. The van der Waals surface area contributed by atoms with Gasteiger partial charge in [0.25, 0.3) is 0 Å². The normalized spacial score (nSPS) is 16.6. The van der Waals surface area contributed by atoms with E-state index in [9.17, 15) is 33.9 Å². The van der Waals surface area contributed by atoms with E-state index >= 15 is 0 Å². The van der Waals surface area contributed by atoms with Crippen LogP contribution in [0.2, 0.25) is 0 Å². The number of alkyl carbamates (subject to hydrolysis) is 1. The summed E-state index contributed by atoms with van der Waals surface area (Å²) in [5.74, 6) is -4.66. The molecule has 8 unspecified atom stereocenters. The number of aliphatic carboxylic acids is 1. The van der Waals surface area contributed by atoms with Crippen LogP contribution >= 0.6 is 0 Å². The Balaban J connectivity index is 1.89. The number of nitrogens with zero attached hydrogens (tertiary/aromatic N) is 1. The van der Waals surface area contributed by atoms with Gasteiger partial charge in [-0.3, -0.25) is 19.2 Å². The lowest BCUT2D eigenvalue weighted by Gasteiger charge is -2.36. The predicted molar refractivity (Wildman–Crippen MR) is 253 cm³/mol. The lowest BCUT2D eigenvalue weighted by atomic mass is 9.83. The van der Waals surface area contributed by atoms with Crippen molar-refractivity contribution in [1.29, 1.82) is 0 Å². The third-order valence-electron chi connectivity index (χ3n) is 12.1. The molecule has 16 heteroatoms. The third-order valence-corrected chi connectivity index (χ3v) is 12.1. The summed E-state index contributed by atoms with van der Waals surface area (Å²) >= 11 is 0. The minimum atomic E-state index is -1.54. The molecule has 7 N–H and O–H groups in total. The van der Waals surface area contributed by atoms with Crippen LogP contribution in [-0.4, -0.2) is 108 Å². The Labute approximate surface area is 392 Å². The van der Waals surface area contributed by atoms with Crippen molar-refractivity contribution in [1.82, 2.24) is 26.2 Å². The van der Waals surface area contributed by atoms with Gasteiger partial charge in [-0.1, -0.05) is 133 Å². The van der Waals surface area contributed by atoms with E-state index < -0.39 is 78.6 Å². The molecular formula is C50H78N6O10. The van der Waals surface area contributed by atoms with Gasteiger partial charge in [0.1, 0.15) is 24.7 Å². The number of unbranched alkanes of at least 4 members (excludes halogenated alkanes) is 3. The zero-order valence-corrected chi connectivity index (χ0v) is 40.3. The number of carboxylic acids is 1. The van der Waals surface area contributed by atoms with Gasteiger partial charge in [-0.05, 0) is 62.5 Å². The molecular weight excluding hydrogens is 845 g/mol. The van der Waals surface area contributed by atoms with Crippen LogP contribution in [0, 0.1) is 17.8 Å². The fourth-order valence-corrected chi connectivity index (χ4v) is 8.12. The molecule has 0 aromatic heterocycles. The van der Waals surface area contributed by atoms with E-state index in [-0.39, 0.29) is 43.6 Å². The van der Waals surface area contributed by atoms with E-state index in [1.54, 1.807) is 31.3 Å². The highest BCUT2D eigenvalue weighted by atomic mass is 16.5. The second-order valence-electron chi connectivity index (χ2n) is 18.3. The average molecular weight is 923 g/mol. The SMILES string of the molecule is CCCCCCC(OCC(C)N)C(C)C(=O)N(C)C(CC(C)C)C(=O)NC(C(=O)NC(CNC(=O)OCc1ccccc1)C(=O)NC(C(=O)O)C(C)OCc1ccccc1)C1CCCCC1. The van der Waals surface area contributed by atoms with Crippen molar-refractivity contribution in [3.8, 4) is 0 Å². The fourth-order valence-electron chi connectivity index (χ4n) is 8.12. The highest BCUT2D eigenvalue weighted by Crippen LogP contribution is 2.28. The lowest BCUT2D eigenvalue weighted by Crippen LogP contribution is -2.62. The molecule has 3 rings (SSSR count). The molecule has 0 aliphatic heterocycles. The topological polar surface area (TPSA) is 228 Å².